The molecule has 2 aromatic rings. The molecular formula is C20H26N2O6S2. The van der Waals surface area contributed by atoms with Gasteiger partial charge in [0.25, 0.3) is 5.91 Å². The lowest BCUT2D eigenvalue weighted by Crippen LogP contribution is -2.23. The van der Waals surface area contributed by atoms with Gasteiger partial charge in [0, 0.05) is 25.3 Å². The van der Waals surface area contributed by atoms with Crippen molar-refractivity contribution in [2.45, 2.75) is 35.8 Å². The molecule has 0 heterocycles. The van der Waals surface area contributed by atoms with Gasteiger partial charge in [-0.1, -0.05) is 0 Å². The Balaban J connectivity index is 2.33. The Morgan fingerprint density at radius 3 is 2.13 bits per heavy atom. The Labute approximate surface area is 177 Å². The van der Waals surface area contributed by atoms with Crippen LogP contribution in [0, 0.1) is 0 Å². The van der Waals surface area contributed by atoms with Gasteiger partial charge in [-0.25, -0.2) is 21.1 Å². The first-order valence-corrected chi connectivity index (χ1v) is 12.2. The number of benzene rings is 2. The van der Waals surface area contributed by atoms with Crippen molar-refractivity contribution in [1.82, 2.24) is 4.31 Å². The Hall–Kier alpha value is -2.43. The molecule has 0 atom stereocenters. The fourth-order valence-corrected chi connectivity index (χ4v) is 4.64. The van der Waals surface area contributed by atoms with E-state index in [0.717, 1.165) is 4.31 Å². The molecule has 0 aliphatic carbocycles. The van der Waals surface area contributed by atoms with Crippen molar-refractivity contribution in [3.63, 3.8) is 0 Å². The van der Waals surface area contributed by atoms with Gasteiger partial charge in [0.1, 0.15) is 10.6 Å². The van der Waals surface area contributed by atoms with Crippen LogP contribution in [0.15, 0.2) is 52.3 Å². The van der Waals surface area contributed by atoms with Gasteiger partial charge >= 0.3 is 0 Å². The molecular weight excluding hydrogens is 428 g/mol. The molecule has 1 amide bonds. The number of sulfone groups is 1. The van der Waals surface area contributed by atoms with Crippen LogP contribution in [0.5, 0.6) is 5.75 Å². The topological polar surface area (TPSA) is 110 Å². The minimum atomic E-state index is -3.79. The van der Waals surface area contributed by atoms with Crippen molar-refractivity contribution >= 4 is 31.5 Å². The third-order valence-corrected chi connectivity index (χ3v) is 8.33. The zero-order valence-electron chi connectivity index (χ0n) is 17.5. The number of hydrogen-bond donors (Lipinski definition) is 1. The molecule has 0 spiro atoms. The Morgan fingerprint density at radius 2 is 1.63 bits per heavy atom. The third-order valence-electron chi connectivity index (χ3n) is 4.33. The highest BCUT2D eigenvalue weighted by atomic mass is 32.2. The van der Waals surface area contributed by atoms with E-state index < -0.39 is 31.0 Å². The molecule has 0 unspecified atom stereocenters. The molecule has 0 aromatic heterocycles. The number of nitrogens with one attached hydrogen (secondary N) is 1. The zero-order chi connectivity index (χ0) is 22.7. The van der Waals surface area contributed by atoms with E-state index in [1.165, 1.54) is 56.6 Å². The van der Waals surface area contributed by atoms with E-state index in [2.05, 4.69) is 5.32 Å². The summed E-state index contributed by atoms with van der Waals surface area (Å²) < 4.78 is 56.1. The molecule has 0 radical (unpaired) electrons. The number of carbonyl (C=O) groups excluding carboxylic acids is 1. The predicted octanol–water partition coefficient (Wildman–Crippen LogP) is 2.77. The summed E-state index contributed by atoms with van der Waals surface area (Å²) in [4.78, 5) is 12.6. The van der Waals surface area contributed by atoms with Crippen LogP contribution in [0.25, 0.3) is 0 Å². The van der Waals surface area contributed by atoms with E-state index in [1.54, 1.807) is 20.8 Å². The maximum Gasteiger partial charge on any atom is 0.255 e. The van der Waals surface area contributed by atoms with Crippen LogP contribution in [0.1, 0.15) is 31.1 Å². The Morgan fingerprint density at radius 1 is 1.03 bits per heavy atom. The Kier molecular flexibility index (Phi) is 7.27. The van der Waals surface area contributed by atoms with Crippen LogP contribution in [-0.2, 0) is 19.9 Å². The number of ether oxygens (including phenoxy) is 1. The maximum absolute atomic E-state index is 12.6. The van der Waals surface area contributed by atoms with Crippen molar-refractivity contribution in [3.8, 4) is 5.75 Å². The largest absolute Gasteiger partial charge is 0.492 e. The lowest BCUT2D eigenvalue weighted by molar-refractivity contribution is 0.102. The predicted molar refractivity (Wildman–Crippen MR) is 115 cm³/mol. The quantitative estimate of drug-likeness (QED) is 0.657. The molecule has 0 fully saturated rings. The highest BCUT2D eigenvalue weighted by Crippen LogP contribution is 2.29. The average molecular weight is 455 g/mol. The summed E-state index contributed by atoms with van der Waals surface area (Å²) in [7, 11) is -4.42. The molecule has 30 heavy (non-hydrogen) atoms. The first kappa shape index (κ1) is 23.8. The third kappa shape index (κ3) is 5.00. The fourth-order valence-electron chi connectivity index (χ4n) is 2.53. The normalized spacial score (nSPS) is 12.2. The van der Waals surface area contributed by atoms with Gasteiger partial charge in [-0.3, -0.25) is 4.79 Å². The monoisotopic (exact) mass is 454 g/mol. The van der Waals surface area contributed by atoms with Crippen molar-refractivity contribution in [3.05, 3.63) is 48.0 Å². The molecule has 0 saturated heterocycles. The second kappa shape index (κ2) is 9.15. The number of rotatable bonds is 8. The van der Waals surface area contributed by atoms with Crippen LogP contribution >= 0.6 is 0 Å². The lowest BCUT2D eigenvalue weighted by atomic mass is 10.2. The Bertz CT molecular complexity index is 1120. The molecule has 2 rings (SSSR count). The van der Waals surface area contributed by atoms with Gasteiger partial charge in [-0.15, -0.1) is 0 Å². The van der Waals surface area contributed by atoms with E-state index in [4.69, 9.17) is 4.74 Å². The molecule has 10 heteroatoms. The van der Waals surface area contributed by atoms with E-state index >= 15 is 0 Å². The molecule has 8 nitrogen and oxygen atoms in total. The zero-order valence-corrected chi connectivity index (χ0v) is 19.2. The summed E-state index contributed by atoms with van der Waals surface area (Å²) in [5.74, 6) is -0.312. The van der Waals surface area contributed by atoms with Crippen LogP contribution in [0.4, 0.5) is 5.69 Å². The lowest BCUT2D eigenvalue weighted by Gasteiger charge is -2.16. The maximum atomic E-state index is 12.6. The summed E-state index contributed by atoms with van der Waals surface area (Å²) in [5, 5.41) is 2.06. The van der Waals surface area contributed by atoms with Gasteiger partial charge in [0.05, 0.1) is 16.8 Å². The fraction of sp³-hybridized carbons (Fsp3) is 0.350. The van der Waals surface area contributed by atoms with E-state index in [-0.39, 0.29) is 33.4 Å². The highest BCUT2D eigenvalue weighted by molar-refractivity contribution is 7.92. The minimum Gasteiger partial charge on any atom is -0.492 e. The summed E-state index contributed by atoms with van der Waals surface area (Å²) in [5.41, 5.74) is 0.506. The van der Waals surface area contributed by atoms with Gasteiger partial charge < -0.3 is 10.1 Å². The highest BCUT2D eigenvalue weighted by Gasteiger charge is 2.24. The summed E-state index contributed by atoms with van der Waals surface area (Å²) in [6.07, 6.45) is 0. The molecule has 0 aliphatic rings. The van der Waals surface area contributed by atoms with Crippen LogP contribution in [0.2, 0.25) is 0 Å². The van der Waals surface area contributed by atoms with Crippen LogP contribution < -0.4 is 10.1 Å². The van der Waals surface area contributed by atoms with Crippen molar-refractivity contribution in [1.29, 1.82) is 0 Å². The molecule has 0 aliphatic heterocycles. The summed E-state index contributed by atoms with van der Waals surface area (Å²) in [6, 6.07) is 9.93. The second-order valence-electron chi connectivity index (χ2n) is 6.95. The smallest absolute Gasteiger partial charge is 0.255 e. The molecule has 2 aromatic carbocycles. The molecule has 164 valence electrons. The molecule has 1 N–H and O–H groups in total. The molecule has 0 saturated carbocycles. The summed E-state index contributed by atoms with van der Waals surface area (Å²) in [6.45, 7) is 5.20. The molecule has 0 bridgehead atoms. The van der Waals surface area contributed by atoms with Crippen molar-refractivity contribution in [2.24, 2.45) is 0 Å². The summed E-state index contributed by atoms with van der Waals surface area (Å²) >= 11 is 0. The van der Waals surface area contributed by atoms with Gasteiger partial charge in [0.15, 0.2) is 9.84 Å². The van der Waals surface area contributed by atoms with Gasteiger partial charge in [-0.2, -0.15) is 0 Å². The van der Waals surface area contributed by atoms with E-state index in [1.807, 2.05) is 0 Å². The van der Waals surface area contributed by atoms with Crippen molar-refractivity contribution < 1.29 is 26.4 Å². The van der Waals surface area contributed by atoms with E-state index in [9.17, 15) is 21.6 Å². The SMILES string of the molecule is CCOc1ccc(NC(=O)c2ccc(S(=O)(=O)C(C)C)cc2)cc1S(=O)(=O)N(C)C. The van der Waals surface area contributed by atoms with E-state index in [0.29, 0.717) is 0 Å². The second-order valence-corrected chi connectivity index (χ2v) is 11.6. The van der Waals surface area contributed by atoms with Gasteiger partial charge in [-0.05, 0) is 63.2 Å². The number of hydrogen-bond acceptors (Lipinski definition) is 6. The number of carbonyl (C=O) groups is 1. The minimum absolute atomic E-state index is 0.0643. The first-order chi connectivity index (χ1) is 13.9. The number of nitrogens with zero attached hydrogens (tertiary/aromatic N) is 1. The van der Waals surface area contributed by atoms with Crippen LogP contribution in [-0.4, -0.2) is 53.0 Å². The van der Waals surface area contributed by atoms with Crippen LogP contribution in [0.3, 0.4) is 0 Å². The number of anilines is 1. The standard InChI is InChI=1S/C20H26N2O6S2/c1-6-28-18-12-9-16(13-19(18)30(26,27)22(4)5)21-20(23)15-7-10-17(11-8-15)29(24,25)14(2)3/h7-14H,6H2,1-5H3,(H,21,23). The number of sulfonamides is 1. The average Bonchev–Trinajstić information content (AvgIpc) is 2.69. The number of amides is 1. The first-order valence-electron chi connectivity index (χ1n) is 9.26. The van der Waals surface area contributed by atoms with Gasteiger partial charge in [0.2, 0.25) is 10.0 Å². The van der Waals surface area contributed by atoms with Crippen molar-refractivity contribution in [2.75, 3.05) is 26.0 Å².